The van der Waals surface area contributed by atoms with Crippen LogP contribution in [0.4, 0.5) is 4.79 Å². The van der Waals surface area contributed by atoms with Gasteiger partial charge in [-0.2, -0.15) is 0 Å². The second kappa shape index (κ2) is 7.29. The van der Waals surface area contributed by atoms with Crippen molar-refractivity contribution in [2.75, 3.05) is 0 Å². The van der Waals surface area contributed by atoms with Crippen LogP contribution in [0.2, 0.25) is 0 Å². The molecule has 5 heteroatoms. The Hall–Kier alpha value is -2.04. The van der Waals surface area contributed by atoms with E-state index in [2.05, 4.69) is 15.8 Å². The molecule has 1 aromatic carbocycles. The SMILES string of the molecule is CC(C)(C)OC(=O)NNC(Cc1ccccc1)=NC1CCC1. The van der Waals surface area contributed by atoms with E-state index in [1.807, 2.05) is 51.1 Å². The van der Waals surface area contributed by atoms with Gasteiger partial charge in [0.2, 0.25) is 0 Å². The standard InChI is InChI=1S/C17H25N3O2/c1-17(2,3)22-16(21)20-19-15(18-14-10-7-11-14)12-13-8-5-4-6-9-13/h4-6,8-9,14H,7,10-12H2,1-3H3,(H,18,19)(H,20,21). The number of ether oxygens (including phenoxy) is 1. The van der Waals surface area contributed by atoms with Crippen LogP contribution in [0.25, 0.3) is 0 Å². The van der Waals surface area contributed by atoms with Crippen molar-refractivity contribution in [3.63, 3.8) is 0 Å². The maximum Gasteiger partial charge on any atom is 0.426 e. The lowest BCUT2D eigenvalue weighted by atomic mass is 9.94. The second-order valence-corrected chi connectivity index (χ2v) is 6.57. The van der Waals surface area contributed by atoms with E-state index in [-0.39, 0.29) is 0 Å². The van der Waals surface area contributed by atoms with Crippen molar-refractivity contribution in [2.24, 2.45) is 4.99 Å². The average Bonchev–Trinajstić information content (AvgIpc) is 2.39. The van der Waals surface area contributed by atoms with E-state index in [0.717, 1.165) is 24.2 Å². The van der Waals surface area contributed by atoms with E-state index in [1.165, 1.54) is 6.42 Å². The van der Waals surface area contributed by atoms with Gasteiger partial charge in [-0.1, -0.05) is 30.3 Å². The number of benzene rings is 1. The van der Waals surface area contributed by atoms with Gasteiger partial charge in [0.1, 0.15) is 11.4 Å². The lowest BCUT2D eigenvalue weighted by molar-refractivity contribution is 0.0512. The first-order valence-corrected chi connectivity index (χ1v) is 7.78. The molecule has 1 aliphatic carbocycles. The van der Waals surface area contributed by atoms with Crippen molar-refractivity contribution in [2.45, 2.75) is 58.1 Å². The van der Waals surface area contributed by atoms with Crippen molar-refractivity contribution in [3.8, 4) is 0 Å². The molecule has 0 spiro atoms. The Balaban J connectivity index is 1.93. The van der Waals surface area contributed by atoms with E-state index < -0.39 is 11.7 Å². The summed E-state index contributed by atoms with van der Waals surface area (Å²) in [5, 5.41) is 0. The van der Waals surface area contributed by atoms with E-state index in [0.29, 0.717) is 12.5 Å². The first-order valence-electron chi connectivity index (χ1n) is 7.78. The molecule has 22 heavy (non-hydrogen) atoms. The molecule has 0 aliphatic heterocycles. The van der Waals surface area contributed by atoms with Gasteiger partial charge in [-0.3, -0.25) is 10.4 Å². The normalized spacial score (nSPS) is 15.9. The van der Waals surface area contributed by atoms with Gasteiger partial charge in [0, 0.05) is 6.42 Å². The van der Waals surface area contributed by atoms with Gasteiger partial charge in [0.25, 0.3) is 0 Å². The fourth-order valence-electron chi connectivity index (χ4n) is 2.07. The van der Waals surface area contributed by atoms with Crippen LogP contribution in [-0.2, 0) is 11.2 Å². The van der Waals surface area contributed by atoms with E-state index in [9.17, 15) is 4.79 Å². The van der Waals surface area contributed by atoms with Gasteiger partial charge in [-0.25, -0.2) is 10.2 Å². The Kier molecular flexibility index (Phi) is 5.41. The van der Waals surface area contributed by atoms with E-state index in [4.69, 9.17) is 4.74 Å². The second-order valence-electron chi connectivity index (χ2n) is 6.57. The van der Waals surface area contributed by atoms with Crippen LogP contribution in [0.15, 0.2) is 35.3 Å². The number of hydrogen-bond acceptors (Lipinski definition) is 3. The first kappa shape index (κ1) is 16.3. The van der Waals surface area contributed by atoms with Crippen LogP contribution in [0.5, 0.6) is 0 Å². The van der Waals surface area contributed by atoms with Gasteiger partial charge in [-0.15, -0.1) is 0 Å². The molecule has 5 nitrogen and oxygen atoms in total. The number of hydrazine groups is 1. The summed E-state index contributed by atoms with van der Waals surface area (Å²) in [6, 6.07) is 10.4. The third-order valence-electron chi connectivity index (χ3n) is 3.34. The number of amidine groups is 1. The zero-order chi connectivity index (χ0) is 16.0. The molecule has 1 aromatic rings. The van der Waals surface area contributed by atoms with Gasteiger partial charge < -0.3 is 4.74 Å². The monoisotopic (exact) mass is 303 g/mol. The number of carbonyl (C=O) groups is 1. The molecule has 1 amide bonds. The number of amides is 1. The molecule has 0 heterocycles. The average molecular weight is 303 g/mol. The lowest BCUT2D eigenvalue weighted by Crippen LogP contribution is -2.45. The van der Waals surface area contributed by atoms with Crippen molar-refractivity contribution in [1.29, 1.82) is 0 Å². The van der Waals surface area contributed by atoms with Crippen molar-refractivity contribution in [1.82, 2.24) is 10.9 Å². The largest absolute Gasteiger partial charge is 0.443 e. The van der Waals surface area contributed by atoms with Crippen LogP contribution in [0.3, 0.4) is 0 Å². The number of carbonyl (C=O) groups excluding carboxylic acids is 1. The van der Waals surface area contributed by atoms with Crippen LogP contribution in [0.1, 0.15) is 45.6 Å². The summed E-state index contributed by atoms with van der Waals surface area (Å²) >= 11 is 0. The molecule has 1 fully saturated rings. The van der Waals surface area contributed by atoms with Crippen molar-refractivity contribution in [3.05, 3.63) is 35.9 Å². The Morgan fingerprint density at radius 1 is 1.23 bits per heavy atom. The molecule has 120 valence electrons. The third kappa shape index (κ3) is 5.76. The summed E-state index contributed by atoms with van der Waals surface area (Å²) in [6.45, 7) is 5.50. The van der Waals surface area contributed by atoms with Crippen molar-refractivity contribution >= 4 is 11.9 Å². The predicted molar refractivity (Wildman–Crippen MR) is 87.7 cm³/mol. The van der Waals surface area contributed by atoms with Crippen LogP contribution in [0, 0.1) is 0 Å². The first-order chi connectivity index (χ1) is 10.4. The molecule has 0 unspecified atom stereocenters. The van der Waals surface area contributed by atoms with Gasteiger partial charge in [0.05, 0.1) is 6.04 Å². The van der Waals surface area contributed by atoms with Crippen LogP contribution in [-0.4, -0.2) is 23.6 Å². The summed E-state index contributed by atoms with van der Waals surface area (Å²) < 4.78 is 5.22. The summed E-state index contributed by atoms with van der Waals surface area (Å²) in [5.74, 6) is 0.766. The minimum Gasteiger partial charge on any atom is -0.443 e. The highest BCUT2D eigenvalue weighted by Gasteiger charge is 2.19. The summed E-state index contributed by atoms with van der Waals surface area (Å²) in [5.41, 5.74) is 6.12. The number of hydrogen-bond donors (Lipinski definition) is 2. The lowest BCUT2D eigenvalue weighted by Gasteiger charge is -2.24. The summed E-state index contributed by atoms with van der Waals surface area (Å²) in [7, 11) is 0. The predicted octanol–water partition coefficient (Wildman–Crippen LogP) is 3.21. The number of nitrogens with one attached hydrogen (secondary N) is 2. The van der Waals surface area contributed by atoms with Gasteiger partial charge >= 0.3 is 6.09 Å². The molecule has 0 atom stereocenters. The minimum absolute atomic E-state index is 0.367. The number of rotatable bonds is 3. The minimum atomic E-state index is -0.517. The number of nitrogens with zero attached hydrogens (tertiary/aromatic N) is 1. The fourth-order valence-corrected chi connectivity index (χ4v) is 2.07. The smallest absolute Gasteiger partial charge is 0.426 e. The maximum atomic E-state index is 11.7. The zero-order valence-corrected chi connectivity index (χ0v) is 13.6. The molecule has 2 N–H and O–H groups in total. The van der Waals surface area contributed by atoms with Crippen LogP contribution < -0.4 is 10.9 Å². The highest BCUT2D eigenvalue weighted by atomic mass is 16.6. The van der Waals surface area contributed by atoms with E-state index in [1.54, 1.807) is 0 Å². The molecular weight excluding hydrogens is 278 g/mol. The van der Waals surface area contributed by atoms with Gasteiger partial charge in [0.15, 0.2) is 0 Å². The molecule has 0 bridgehead atoms. The molecule has 0 aromatic heterocycles. The molecule has 0 radical (unpaired) electrons. The Morgan fingerprint density at radius 3 is 2.45 bits per heavy atom. The third-order valence-corrected chi connectivity index (χ3v) is 3.34. The van der Waals surface area contributed by atoms with Crippen LogP contribution >= 0.6 is 0 Å². The highest BCUT2D eigenvalue weighted by Crippen LogP contribution is 2.22. The van der Waals surface area contributed by atoms with Crippen molar-refractivity contribution < 1.29 is 9.53 Å². The van der Waals surface area contributed by atoms with Gasteiger partial charge in [-0.05, 0) is 45.6 Å². The molecule has 0 saturated heterocycles. The number of aliphatic imine (C=N–C) groups is 1. The molecular formula is C17H25N3O2. The molecule has 2 rings (SSSR count). The topological polar surface area (TPSA) is 62.7 Å². The highest BCUT2D eigenvalue weighted by molar-refractivity contribution is 5.86. The Morgan fingerprint density at radius 2 is 1.91 bits per heavy atom. The molecule has 1 saturated carbocycles. The fraction of sp³-hybridized carbons (Fsp3) is 0.529. The quantitative estimate of drug-likeness (QED) is 0.512. The maximum absolute atomic E-state index is 11.7. The summed E-state index contributed by atoms with van der Waals surface area (Å²) in [4.78, 5) is 16.4. The summed E-state index contributed by atoms with van der Waals surface area (Å²) in [6.07, 6.45) is 3.62. The molecule has 1 aliphatic rings. The zero-order valence-electron chi connectivity index (χ0n) is 13.6. The Labute approximate surface area is 132 Å². The Bertz CT molecular complexity index is 516. The van der Waals surface area contributed by atoms with E-state index >= 15 is 0 Å².